The fourth-order valence-corrected chi connectivity index (χ4v) is 3.74. The normalized spacial score (nSPS) is 12.2. The Labute approximate surface area is 200 Å². The molecule has 3 N–H and O–H groups in total. The number of carbonyl (C=O) groups is 1. The number of aryl methyl sites for hydroxylation is 3. The number of aliphatic carboxylic acids is 1. The Morgan fingerprint density at radius 3 is 1.45 bits per heavy atom. The Kier molecular flexibility index (Phi) is 8.82. The first-order valence-electron chi connectivity index (χ1n) is 11.6. The van der Waals surface area contributed by atoms with Crippen LogP contribution >= 0.6 is 0 Å². The van der Waals surface area contributed by atoms with E-state index in [-0.39, 0.29) is 22.7 Å². The average Bonchev–Trinajstić information content (AvgIpc) is 2.62. The minimum Gasteiger partial charge on any atom is -0.507 e. The molecule has 2 aromatic carbocycles. The van der Waals surface area contributed by atoms with Crippen LogP contribution in [0.3, 0.4) is 0 Å². The van der Waals surface area contributed by atoms with E-state index in [4.69, 9.17) is 5.11 Å². The second kappa shape index (κ2) is 10.2. The SMILES string of the molecule is Cc1cc(C(C)(C)C)c(O)c(C(C)(C)C)c1.Cc1cc(CCC(=O)O)cc(C(C)(C)C)c1O. The number of carboxylic acids is 1. The molecule has 4 heteroatoms. The quantitative estimate of drug-likeness (QED) is 0.452. The van der Waals surface area contributed by atoms with Gasteiger partial charge in [-0.2, -0.15) is 0 Å². The largest absolute Gasteiger partial charge is 0.507 e. The fraction of sp³-hybridized carbons (Fsp3) is 0.552. The zero-order chi connectivity index (χ0) is 25.9. The van der Waals surface area contributed by atoms with Gasteiger partial charge in [-0.1, -0.05) is 92.1 Å². The number of rotatable bonds is 3. The third-order valence-electron chi connectivity index (χ3n) is 5.67. The summed E-state index contributed by atoms with van der Waals surface area (Å²) in [5, 5.41) is 29.1. The summed E-state index contributed by atoms with van der Waals surface area (Å²) in [6.45, 7) is 22.8. The first-order valence-corrected chi connectivity index (χ1v) is 11.6. The molecular weight excluding hydrogens is 412 g/mol. The van der Waals surface area contributed by atoms with E-state index < -0.39 is 5.97 Å². The molecule has 0 unspecified atom stereocenters. The Morgan fingerprint density at radius 2 is 1.09 bits per heavy atom. The van der Waals surface area contributed by atoms with Gasteiger partial charge in [0.2, 0.25) is 0 Å². The fourth-order valence-electron chi connectivity index (χ4n) is 3.74. The molecule has 2 aromatic rings. The summed E-state index contributed by atoms with van der Waals surface area (Å²) in [6, 6.07) is 7.94. The van der Waals surface area contributed by atoms with E-state index in [1.165, 1.54) is 5.56 Å². The van der Waals surface area contributed by atoms with Crippen molar-refractivity contribution in [3.63, 3.8) is 0 Å². The van der Waals surface area contributed by atoms with Crippen LogP contribution in [0.4, 0.5) is 0 Å². The minimum atomic E-state index is -0.798. The van der Waals surface area contributed by atoms with Crippen molar-refractivity contribution in [1.82, 2.24) is 0 Å². The smallest absolute Gasteiger partial charge is 0.303 e. The number of phenolic OH excluding ortho intramolecular Hbond substituents is 2. The maximum absolute atomic E-state index is 10.6. The molecule has 0 fully saturated rings. The van der Waals surface area contributed by atoms with E-state index >= 15 is 0 Å². The molecule has 0 saturated carbocycles. The van der Waals surface area contributed by atoms with Crippen LogP contribution in [-0.4, -0.2) is 21.3 Å². The molecule has 0 atom stereocenters. The van der Waals surface area contributed by atoms with E-state index in [1.807, 2.05) is 39.8 Å². The van der Waals surface area contributed by atoms with E-state index in [2.05, 4.69) is 60.6 Å². The van der Waals surface area contributed by atoms with Crippen molar-refractivity contribution in [3.8, 4) is 11.5 Å². The van der Waals surface area contributed by atoms with E-state index in [1.54, 1.807) is 0 Å². The van der Waals surface area contributed by atoms with Crippen molar-refractivity contribution in [3.05, 3.63) is 57.6 Å². The molecule has 0 bridgehead atoms. The summed E-state index contributed by atoms with van der Waals surface area (Å²) in [5.74, 6) is -0.0183. The number of hydrogen-bond acceptors (Lipinski definition) is 3. The monoisotopic (exact) mass is 456 g/mol. The molecule has 0 amide bonds. The lowest BCUT2D eigenvalue weighted by Crippen LogP contribution is -2.17. The van der Waals surface area contributed by atoms with Crippen LogP contribution in [0.2, 0.25) is 0 Å². The second-order valence-electron chi connectivity index (χ2n) is 12.2. The first-order chi connectivity index (χ1) is 14.7. The Bertz CT molecular complexity index is 945. The number of carboxylic acid groups (broad SMARTS) is 1. The molecule has 0 aliphatic rings. The second-order valence-corrected chi connectivity index (χ2v) is 12.2. The van der Waals surface area contributed by atoms with Crippen LogP contribution in [-0.2, 0) is 27.5 Å². The predicted octanol–water partition coefficient (Wildman–Crippen LogP) is 7.31. The van der Waals surface area contributed by atoms with Gasteiger partial charge in [0.05, 0.1) is 0 Å². The summed E-state index contributed by atoms with van der Waals surface area (Å²) in [5.41, 5.74) is 5.76. The van der Waals surface area contributed by atoms with Crippen molar-refractivity contribution < 1.29 is 20.1 Å². The zero-order valence-corrected chi connectivity index (χ0v) is 22.5. The highest BCUT2D eigenvalue weighted by Crippen LogP contribution is 2.39. The Morgan fingerprint density at radius 1 is 0.697 bits per heavy atom. The van der Waals surface area contributed by atoms with Gasteiger partial charge < -0.3 is 15.3 Å². The Balaban J connectivity index is 0.000000331. The maximum Gasteiger partial charge on any atom is 0.303 e. The molecular formula is C29H44O4. The molecule has 0 radical (unpaired) electrons. The van der Waals surface area contributed by atoms with E-state index in [9.17, 15) is 15.0 Å². The molecule has 2 rings (SSSR count). The lowest BCUT2D eigenvalue weighted by Gasteiger charge is -2.27. The van der Waals surface area contributed by atoms with Crippen molar-refractivity contribution >= 4 is 5.97 Å². The highest BCUT2D eigenvalue weighted by Gasteiger charge is 2.25. The van der Waals surface area contributed by atoms with Crippen molar-refractivity contribution in [2.75, 3.05) is 0 Å². The third-order valence-corrected chi connectivity index (χ3v) is 5.67. The topological polar surface area (TPSA) is 77.8 Å². The molecule has 0 aliphatic heterocycles. The van der Waals surface area contributed by atoms with Crippen molar-refractivity contribution in [2.24, 2.45) is 0 Å². The van der Waals surface area contributed by atoms with Gasteiger partial charge in [0.1, 0.15) is 11.5 Å². The zero-order valence-electron chi connectivity index (χ0n) is 22.5. The van der Waals surface area contributed by atoms with Crippen LogP contribution in [0, 0.1) is 13.8 Å². The molecule has 0 saturated heterocycles. The maximum atomic E-state index is 10.6. The van der Waals surface area contributed by atoms with Gasteiger partial charge in [-0.25, -0.2) is 0 Å². The predicted molar refractivity (Wildman–Crippen MR) is 138 cm³/mol. The minimum absolute atomic E-state index is 0.0178. The van der Waals surface area contributed by atoms with Gasteiger partial charge in [0.15, 0.2) is 0 Å². The summed E-state index contributed by atoms with van der Waals surface area (Å²) in [6.07, 6.45) is 0.618. The highest BCUT2D eigenvalue weighted by molar-refractivity contribution is 5.67. The number of hydrogen-bond donors (Lipinski definition) is 3. The number of phenols is 2. The van der Waals surface area contributed by atoms with Crippen molar-refractivity contribution in [1.29, 1.82) is 0 Å². The first kappa shape index (κ1) is 28.5. The summed E-state index contributed by atoms with van der Waals surface area (Å²) in [7, 11) is 0. The van der Waals surface area contributed by atoms with Crippen LogP contribution in [0.5, 0.6) is 11.5 Å². The van der Waals surface area contributed by atoms with Gasteiger partial charge >= 0.3 is 5.97 Å². The van der Waals surface area contributed by atoms with Crippen LogP contribution in [0.1, 0.15) is 102 Å². The van der Waals surface area contributed by atoms with Gasteiger partial charge in [-0.15, -0.1) is 0 Å². The Hall–Kier alpha value is -2.49. The van der Waals surface area contributed by atoms with Crippen LogP contribution < -0.4 is 0 Å². The van der Waals surface area contributed by atoms with Gasteiger partial charge in [0.25, 0.3) is 0 Å². The summed E-state index contributed by atoms with van der Waals surface area (Å²) < 4.78 is 0. The molecule has 0 heterocycles. The number of benzene rings is 2. The van der Waals surface area contributed by atoms with Gasteiger partial charge in [0, 0.05) is 6.42 Å². The average molecular weight is 457 g/mol. The van der Waals surface area contributed by atoms with E-state index in [0.717, 1.165) is 27.8 Å². The van der Waals surface area contributed by atoms with E-state index in [0.29, 0.717) is 17.9 Å². The summed E-state index contributed by atoms with van der Waals surface area (Å²) in [4.78, 5) is 10.6. The molecule has 184 valence electrons. The highest BCUT2D eigenvalue weighted by atomic mass is 16.4. The van der Waals surface area contributed by atoms with Gasteiger partial charge in [-0.05, 0) is 64.3 Å². The van der Waals surface area contributed by atoms with Crippen molar-refractivity contribution in [2.45, 2.75) is 105 Å². The summed E-state index contributed by atoms with van der Waals surface area (Å²) >= 11 is 0. The van der Waals surface area contributed by atoms with Gasteiger partial charge in [-0.3, -0.25) is 4.79 Å². The molecule has 4 nitrogen and oxygen atoms in total. The van der Waals surface area contributed by atoms with Crippen LogP contribution in [0.15, 0.2) is 24.3 Å². The standard InChI is InChI=1S/C15H24O.C14H20O3/c1-10-8-11(14(2,3)4)13(16)12(9-10)15(5,6)7;1-9-7-10(5-6-12(15)16)8-11(13(9)17)14(2,3)4/h8-9,16H,1-7H3;7-8,17H,5-6H2,1-4H3,(H,15,16). The lowest BCUT2D eigenvalue weighted by atomic mass is 9.78. The lowest BCUT2D eigenvalue weighted by molar-refractivity contribution is -0.136. The molecule has 33 heavy (non-hydrogen) atoms. The molecule has 0 spiro atoms. The third kappa shape index (κ3) is 8.10. The molecule has 0 aromatic heterocycles. The molecule has 0 aliphatic carbocycles. The number of aromatic hydroxyl groups is 2. The van der Waals surface area contributed by atoms with Crippen LogP contribution in [0.25, 0.3) is 0 Å².